The summed E-state index contributed by atoms with van der Waals surface area (Å²) < 4.78 is 6.40. The topological polar surface area (TPSA) is 91.6 Å². The predicted octanol–water partition coefficient (Wildman–Crippen LogP) is 3.70. The van der Waals surface area contributed by atoms with Gasteiger partial charge in [0, 0.05) is 16.0 Å². The maximum Gasteiger partial charge on any atom is 0.244 e. The van der Waals surface area contributed by atoms with Gasteiger partial charge in [-0.1, -0.05) is 45.4 Å². The molecule has 9 heteroatoms. The molecule has 2 aromatic carbocycles. The Hall–Kier alpha value is -3.04. The maximum atomic E-state index is 13.2. The first-order chi connectivity index (χ1) is 15.6. The highest BCUT2D eigenvalue weighted by Gasteiger charge is 2.33. The molecule has 0 unspecified atom stereocenters. The molecule has 0 aliphatic carbocycles. The summed E-state index contributed by atoms with van der Waals surface area (Å²) in [5, 5.41) is 6.93. The maximum absolute atomic E-state index is 13.2. The summed E-state index contributed by atoms with van der Waals surface area (Å²) in [5.41, 5.74) is 2.35. The summed E-state index contributed by atoms with van der Waals surface area (Å²) in [7, 11) is 0. The minimum atomic E-state index is -0.160. The van der Waals surface area contributed by atoms with Crippen LogP contribution in [0.15, 0.2) is 57.5 Å². The van der Waals surface area contributed by atoms with Crippen LogP contribution in [0.3, 0.4) is 0 Å². The van der Waals surface area contributed by atoms with Crippen LogP contribution in [0.1, 0.15) is 18.7 Å². The molecule has 1 fully saturated rings. The molecule has 5 rings (SSSR count). The number of carbonyl (C=O) groups is 2. The summed E-state index contributed by atoms with van der Waals surface area (Å²) in [5.74, 6) is 0.874. The minimum absolute atomic E-state index is 0.0154. The van der Waals surface area contributed by atoms with Crippen molar-refractivity contribution in [2.75, 3.05) is 29.9 Å². The zero-order valence-electron chi connectivity index (χ0n) is 17.3. The van der Waals surface area contributed by atoms with Gasteiger partial charge in [-0.15, -0.1) is 0 Å². The molecule has 0 radical (unpaired) electrons. The average Bonchev–Trinajstić information content (AvgIpc) is 3.27. The number of para-hydroxylation sites is 2. The summed E-state index contributed by atoms with van der Waals surface area (Å²) >= 11 is 3.46. The molecule has 1 saturated heterocycles. The van der Waals surface area contributed by atoms with E-state index < -0.39 is 0 Å². The third-order valence-electron chi connectivity index (χ3n) is 5.88. The van der Waals surface area contributed by atoms with Crippen molar-refractivity contribution in [3.63, 3.8) is 0 Å². The van der Waals surface area contributed by atoms with Crippen LogP contribution in [-0.2, 0) is 16.1 Å². The molecule has 0 saturated carbocycles. The zero-order valence-corrected chi connectivity index (χ0v) is 18.9. The van der Waals surface area contributed by atoms with E-state index in [0.29, 0.717) is 23.9 Å². The number of nitrogens with zero attached hydrogens (tertiary/aromatic N) is 4. The molecular weight excluding hydrogens is 474 g/mol. The number of benzene rings is 2. The summed E-state index contributed by atoms with van der Waals surface area (Å²) in [6.45, 7) is 2.13. The molecule has 0 atom stereocenters. The summed E-state index contributed by atoms with van der Waals surface area (Å²) in [6.07, 6.45) is 1.46. The molecule has 1 N–H and O–H groups in total. The number of hydrogen-bond donors (Lipinski definition) is 1. The van der Waals surface area contributed by atoms with Crippen molar-refractivity contribution in [3.05, 3.63) is 58.9 Å². The van der Waals surface area contributed by atoms with E-state index in [-0.39, 0.29) is 24.3 Å². The quantitative estimate of drug-likeness (QED) is 0.593. The summed E-state index contributed by atoms with van der Waals surface area (Å²) in [4.78, 5) is 33.6. The Labute approximate surface area is 193 Å². The van der Waals surface area contributed by atoms with Gasteiger partial charge < -0.3 is 14.7 Å². The molecule has 2 aliphatic heterocycles. The number of piperidine rings is 1. The first kappa shape index (κ1) is 20.8. The van der Waals surface area contributed by atoms with Gasteiger partial charge in [-0.3, -0.25) is 14.5 Å². The third kappa shape index (κ3) is 4.31. The molecule has 32 heavy (non-hydrogen) atoms. The molecule has 3 aromatic rings. The Morgan fingerprint density at radius 3 is 2.78 bits per heavy atom. The largest absolute Gasteiger partial charge is 0.338 e. The smallest absolute Gasteiger partial charge is 0.244 e. The Kier molecular flexibility index (Phi) is 5.75. The second-order valence-electron chi connectivity index (χ2n) is 8.06. The van der Waals surface area contributed by atoms with E-state index >= 15 is 0 Å². The van der Waals surface area contributed by atoms with E-state index in [4.69, 9.17) is 4.52 Å². The predicted molar refractivity (Wildman–Crippen MR) is 123 cm³/mol. The third-order valence-corrected chi connectivity index (χ3v) is 6.38. The van der Waals surface area contributed by atoms with Crippen molar-refractivity contribution in [2.24, 2.45) is 5.92 Å². The van der Waals surface area contributed by atoms with Crippen molar-refractivity contribution in [2.45, 2.75) is 19.4 Å². The fraction of sp³-hybridized carbons (Fsp3) is 0.304. The molecule has 2 amide bonds. The van der Waals surface area contributed by atoms with Crippen LogP contribution in [0.5, 0.6) is 0 Å². The molecule has 8 nitrogen and oxygen atoms in total. The second-order valence-corrected chi connectivity index (χ2v) is 8.98. The Morgan fingerprint density at radius 2 is 1.97 bits per heavy atom. The number of fused-ring (bicyclic) bond motifs is 1. The number of amides is 2. The van der Waals surface area contributed by atoms with Crippen LogP contribution in [0.4, 0.5) is 11.4 Å². The van der Waals surface area contributed by atoms with Crippen LogP contribution >= 0.6 is 15.9 Å². The lowest BCUT2D eigenvalue weighted by Crippen LogP contribution is -2.47. The number of likely N-dealkylation sites (tertiary alicyclic amines) is 1. The van der Waals surface area contributed by atoms with Crippen molar-refractivity contribution in [1.29, 1.82) is 0 Å². The van der Waals surface area contributed by atoms with E-state index in [9.17, 15) is 9.59 Å². The second kappa shape index (κ2) is 8.84. The fourth-order valence-corrected chi connectivity index (χ4v) is 4.64. The van der Waals surface area contributed by atoms with Gasteiger partial charge in [-0.05, 0) is 50.2 Å². The highest BCUT2D eigenvalue weighted by atomic mass is 79.9. The Balaban J connectivity index is 1.20. The van der Waals surface area contributed by atoms with Crippen molar-refractivity contribution in [1.82, 2.24) is 15.0 Å². The molecular formula is C23H22BrN5O3. The first-order valence-corrected chi connectivity index (χ1v) is 11.4. The lowest BCUT2D eigenvalue weighted by atomic mass is 9.94. The molecule has 3 heterocycles. The van der Waals surface area contributed by atoms with Crippen LogP contribution in [-0.4, -0.2) is 46.5 Å². The van der Waals surface area contributed by atoms with Crippen LogP contribution < -0.4 is 10.2 Å². The number of carbonyl (C=O) groups excluding carboxylic acids is 2. The Bertz CT molecular complexity index is 1160. The van der Waals surface area contributed by atoms with E-state index in [2.05, 4.69) is 36.3 Å². The Morgan fingerprint density at radius 1 is 1.16 bits per heavy atom. The van der Waals surface area contributed by atoms with Crippen LogP contribution in [0.25, 0.3) is 11.4 Å². The summed E-state index contributed by atoms with van der Waals surface area (Å²) in [6, 6.07) is 15.2. The molecule has 2 aliphatic rings. The van der Waals surface area contributed by atoms with Crippen molar-refractivity contribution >= 4 is 39.1 Å². The van der Waals surface area contributed by atoms with Gasteiger partial charge in [-0.2, -0.15) is 4.98 Å². The highest BCUT2D eigenvalue weighted by molar-refractivity contribution is 9.10. The van der Waals surface area contributed by atoms with Crippen molar-refractivity contribution < 1.29 is 14.1 Å². The van der Waals surface area contributed by atoms with Gasteiger partial charge in [-0.25, -0.2) is 0 Å². The normalized spacial score (nSPS) is 17.2. The molecule has 1 aromatic heterocycles. The van der Waals surface area contributed by atoms with Crippen LogP contribution in [0, 0.1) is 5.92 Å². The van der Waals surface area contributed by atoms with Gasteiger partial charge >= 0.3 is 0 Å². The van der Waals surface area contributed by atoms with E-state index in [0.717, 1.165) is 41.7 Å². The molecule has 164 valence electrons. The first-order valence-electron chi connectivity index (χ1n) is 10.6. The standard InChI is InChI=1S/C23H22BrN5O3/c24-17-5-3-4-16(12-17)22-26-21(32-27-22)14-28-10-8-15(9-11-28)23(31)29-13-20(30)25-18-6-1-2-7-19(18)29/h1-7,12,15H,8-11,13-14H2,(H,25,30). The van der Waals surface area contributed by atoms with Gasteiger partial charge in [0.1, 0.15) is 6.54 Å². The zero-order chi connectivity index (χ0) is 22.1. The number of rotatable bonds is 4. The molecule has 0 bridgehead atoms. The minimum Gasteiger partial charge on any atom is -0.338 e. The van der Waals surface area contributed by atoms with E-state index in [1.807, 2.05) is 48.5 Å². The fourth-order valence-electron chi connectivity index (χ4n) is 4.24. The van der Waals surface area contributed by atoms with Gasteiger partial charge in [0.15, 0.2) is 0 Å². The number of anilines is 2. The number of halogens is 1. The number of hydrogen-bond acceptors (Lipinski definition) is 6. The SMILES string of the molecule is O=C1CN(C(=O)C2CCN(Cc3nc(-c4cccc(Br)c4)no3)CC2)c2ccccc2N1. The lowest BCUT2D eigenvalue weighted by molar-refractivity contribution is -0.126. The molecule has 0 spiro atoms. The van der Waals surface area contributed by atoms with Crippen LogP contribution in [0.2, 0.25) is 0 Å². The average molecular weight is 496 g/mol. The van der Waals surface area contributed by atoms with E-state index in [1.165, 1.54) is 0 Å². The van der Waals surface area contributed by atoms with Gasteiger partial charge in [0.25, 0.3) is 0 Å². The van der Waals surface area contributed by atoms with Crippen molar-refractivity contribution in [3.8, 4) is 11.4 Å². The lowest BCUT2D eigenvalue weighted by Gasteiger charge is -2.35. The van der Waals surface area contributed by atoms with Gasteiger partial charge in [0.05, 0.1) is 17.9 Å². The number of nitrogens with one attached hydrogen (secondary N) is 1. The van der Waals surface area contributed by atoms with Gasteiger partial charge in [0.2, 0.25) is 23.5 Å². The number of aromatic nitrogens is 2. The van der Waals surface area contributed by atoms with E-state index in [1.54, 1.807) is 4.90 Å². The monoisotopic (exact) mass is 495 g/mol. The highest BCUT2D eigenvalue weighted by Crippen LogP contribution is 2.32.